The summed E-state index contributed by atoms with van der Waals surface area (Å²) in [6, 6.07) is 0. The van der Waals surface area contributed by atoms with Crippen molar-refractivity contribution in [2.45, 2.75) is 309 Å². The molecule has 0 heterocycles. The van der Waals surface area contributed by atoms with Gasteiger partial charge in [-0.2, -0.15) is 0 Å². The van der Waals surface area contributed by atoms with Crippen LogP contribution < -0.4 is 0 Å². The minimum absolute atomic E-state index is 0.113. The van der Waals surface area contributed by atoms with E-state index < -0.39 is 12.1 Å². The summed E-state index contributed by atoms with van der Waals surface area (Å²) in [6.07, 6.45) is 100. The molecule has 0 aliphatic rings. The molecule has 0 aromatic carbocycles. The third-order valence-corrected chi connectivity index (χ3v) is 14.4. The van der Waals surface area contributed by atoms with Crippen molar-refractivity contribution in [3.63, 3.8) is 0 Å². The number of carbonyl (C=O) groups is 3. The number of allylic oxidation sites excluding steroid dienone is 23. The van der Waals surface area contributed by atoms with Gasteiger partial charge in [-0.15, -0.1) is 0 Å². The van der Waals surface area contributed by atoms with Crippen molar-refractivity contribution in [2.24, 2.45) is 0 Å². The number of ether oxygens (including phenoxy) is 3. The Morgan fingerprint density at radius 3 is 0.843 bits per heavy atom. The quantitative estimate of drug-likeness (QED) is 0.0261. The van der Waals surface area contributed by atoms with Crippen molar-refractivity contribution in [3.05, 3.63) is 146 Å². The molecule has 0 aliphatic heterocycles. The Balaban J connectivity index is 4.38. The van der Waals surface area contributed by atoms with Crippen molar-refractivity contribution in [1.82, 2.24) is 0 Å². The lowest BCUT2D eigenvalue weighted by Crippen LogP contribution is -2.30. The van der Waals surface area contributed by atoms with E-state index in [1.54, 1.807) is 6.08 Å². The minimum Gasteiger partial charge on any atom is -0.462 e. The molecule has 1 atom stereocenters. The summed E-state index contributed by atoms with van der Waals surface area (Å²) in [5.41, 5.74) is 0. The maximum absolute atomic E-state index is 12.9. The van der Waals surface area contributed by atoms with Crippen LogP contribution in [0.2, 0.25) is 0 Å². The molecule has 0 amide bonds. The highest BCUT2D eigenvalue weighted by atomic mass is 16.6. The first-order valence-electron chi connectivity index (χ1n) is 34.3. The molecule has 6 heteroatoms. The van der Waals surface area contributed by atoms with Gasteiger partial charge in [0.05, 0.1) is 6.42 Å². The van der Waals surface area contributed by atoms with E-state index in [4.69, 9.17) is 14.2 Å². The third kappa shape index (κ3) is 68.0. The van der Waals surface area contributed by atoms with Crippen LogP contribution in [0.3, 0.4) is 0 Å². The normalized spacial score (nSPS) is 13.0. The van der Waals surface area contributed by atoms with Crippen LogP contribution in [0.4, 0.5) is 0 Å². The second kappa shape index (κ2) is 69.8. The molecule has 83 heavy (non-hydrogen) atoms. The average Bonchev–Trinajstić information content (AvgIpc) is 3.49. The predicted octanol–water partition coefficient (Wildman–Crippen LogP) is 23.9. The van der Waals surface area contributed by atoms with E-state index >= 15 is 0 Å². The molecule has 0 N–H and O–H groups in total. The van der Waals surface area contributed by atoms with Gasteiger partial charge < -0.3 is 14.2 Å². The monoisotopic (exact) mass is 1150 g/mol. The summed E-state index contributed by atoms with van der Waals surface area (Å²) >= 11 is 0. The van der Waals surface area contributed by atoms with Gasteiger partial charge in [0, 0.05) is 12.8 Å². The number of hydrogen-bond donors (Lipinski definition) is 0. The van der Waals surface area contributed by atoms with Gasteiger partial charge in [0.2, 0.25) is 0 Å². The Hall–Kier alpha value is -4.71. The second-order valence-electron chi connectivity index (χ2n) is 22.3. The van der Waals surface area contributed by atoms with Gasteiger partial charge in [-0.25, -0.2) is 0 Å². The van der Waals surface area contributed by atoms with Crippen molar-refractivity contribution in [2.75, 3.05) is 13.2 Å². The number of carbonyl (C=O) groups excluding carboxylic acids is 3. The number of unbranched alkanes of at least 4 members (excludes halogenated alkanes) is 27. The lowest BCUT2D eigenvalue weighted by molar-refractivity contribution is -0.166. The van der Waals surface area contributed by atoms with Gasteiger partial charge in [0.25, 0.3) is 0 Å². The molecule has 470 valence electrons. The molecule has 0 spiro atoms. The molecule has 1 unspecified atom stereocenters. The first-order chi connectivity index (χ1) is 41.0. The highest BCUT2D eigenvalue weighted by Gasteiger charge is 2.19. The van der Waals surface area contributed by atoms with Crippen LogP contribution in [0.25, 0.3) is 0 Å². The summed E-state index contributed by atoms with van der Waals surface area (Å²) in [6.45, 7) is 6.34. The van der Waals surface area contributed by atoms with Gasteiger partial charge in [-0.05, 0) is 103 Å². The first kappa shape index (κ1) is 78.3. The molecule has 0 saturated carbocycles. The SMILES string of the molecule is CC/C=C\C/C=C\C/C=C\C/C=C\C/C=C\C/C=C\C/C=C\CCCCCCCCCCCC(=O)OCC(COC(=O)C/C=C\C/C=C\C/C=C\C/C=C\C/C=C\CC)OC(=O)CCCCCCCCCCCCCCCCCCCCC. The summed E-state index contributed by atoms with van der Waals surface area (Å²) in [7, 11) is 0. The Labute approximate surface area is 512 Å². The first-order valence-corrected chi connectivity index (χ1v) is 34.3. The van der Waals surface area contributed by atoms with Crippen LogP contribution in [-0.2, 0) is 28.6 Å². The largest absolute Gasteiger partial charge is 0.462 e. The van der Waals surface area contributed by atoms with Crippen molar-refractivity contribution in [3.8, 4) is 0 Å². The molecular weight excluding hydrogens is 1020 g/mol. The van der Waals surface area contributed by atoms with E-state index in [9.17, 15) is 14.4 Å². The molecule has 0 aromatic heterocycles. The Kier molecular flexibility index (Phi) is 65.8. The van der Waals surface area contributed by atoms with Crippen LogP contribution in [0.5, 0.6) is 0 Å². The van der Waals surface area contributed by atoms with Crippen LogP contribution in [0.15, 0.2) is 146 Å². The standard InChI is InChI=1S/C77H126O6/c1-4-7-10-13-16-19-22-25-28-30-32-33-34-35-36-37-38-39-40-41-42-43-45-46-49-52-55-58-61-64-67-70-76(79)82-73-74(72-81-75(78)69-66-63-60-57-54-51-48-27-24-21-18-15-12-9-6-3)83-77(80)71-68-65-62-59-56-53-50-47-44-31-29-26-23-20-17-14-11-8-5-2/h7,9-10,12,16,18-19,21,25,27-28,32-33,35-36,38-39,41-42,48,54,57,63,66,74H,4-6,8,11,13-15,17,20,22-24,26,29-31,34,37,40,43-47,49-53,55-56,58-62,64-65,67-73H2,1-3H3/b10-7-,12-9-,19-16-,21-18-,28-25-,33-32-,36-35-,39-38-,42-41-,48-27-,57-54-,66-63-. The van der Waals surface area contributed by atoms with Crippen molar-refractivity contribution < 1.29 is 28.6 Å². The zero-order valence-corrected chi connectivity index (χ0v) is 53.9. The average molecular weight is 1150 g/mol. The third-order valence-electron chi connectivity index (χ3n) is 14.4. The second-order valence-corrected chi connectivity index (χ2v) is 22.3. The van der Waals surface area contributed by atoms with Gasteiger partial charge in [-0.1, -0.05) is 327 Å². The van der Waals surface area contributed by atoms with Crippen LogP contribution in [-0.4, -0.2) is 37.2 Å². The molecule has 0 radical (unpaired) electrons. The maximum atomic E-state index is 12.9. The van der Waals surface area contributed by atoms with Gasteiger partial charge >= 0.3 is 17.9 Å². The lowest BCUT2D eigenvalue weighted by Gasteiger charge is -2.18. The Morgan fingerprint density at radius 1 is 0.265 bits per heavy atom. The lowest BCUT2D eigenvalue weighted by atomic mass is 10.0. The molecule has 0 bridgehead atoms. The topological polar surface area (TPSA) is 78.9 Å². The molecule has 0 aromatic rings. The fraction of sp³-hybridized carbons (Fsp3) is 0.649. The van der Waals surface area contributed by atoms with E-state index in [1.165, 1.54) is 141 Å². The zero-order valence-electron chi connectivity index (χ0n) is 53.9. The summed E-state index contributed by atoms with van der Waals surface area (Å²) in [5.74, 6) is -1.05. The van der Waals surface area contributed by atoms with Crippen molar-refractivity contribution in [1.29, 1.82) is 0 Å². The van der Waals surface area contributed by atoms with Crippen molar-refractivity contribution >= 4 is 17.9 Å². The number of rotatable bonds is 61. The molecule has 0 fully saturated rings. The number of hydrogen-bond acceptors (Lipinski definition) is 6. The number of esters is 3. The van der Waals surface area contributed by atoms with Crippen LogP contribution in [0, 0.1) is 0 Å². The van der Waals surface area contributed by atoms with Gasteiger partial charge in [0.15, 0.2) is 6.10 Å². The van der Waals surface area contributed by atoms with E-state index in [-0.39, 0.29) is 31.6 Å². The molecular formula is C77H126O6. The van der Waals surface area contributed by atoms with E-state index in [0.29, 0.717) is 12.8 Å². The Bertz CT molecular complexity index is 1800. The van der Waals surface area contributed by atoms with E-state index in [0.717, 1.165) is 122 Å². The molecule has 0 rings (SSSR count). The summed E-state index contributed by atoms with van der Waals surface area (Å²) < 4.78 is 16.8. The van der Waals surface area contributed by atoms with Crippen LogP contribution >= 0.6 is 0 Å². The van der Waals surface area contributed by atoms with E-state index in [2.05, 4.69) is 154 Å². The Morgan fingerprint density at radius 2 is 0.518 bits per heavy atom. The fourth-order valence-corrected chi connectivity index (χ4v) is 9.32. The van der Waals surface area contributed by atoms with Gasteiger partial charge in [-0.3, -0.25) is 14.4 Å². The summed E-state index contributed by atoms with van der Waals surface area (Å²) in [5, 5.41) is 0. The van der Waals surface area contributed by atoms with Crippen LogP contribution in [0.1, 0.15) is 303 Å². The highest BCUT2D eigenvalue weighted by Crippen LogP contribution is 2.17. The fourth-order valence-electron chi connectivity index (χ4n) is 9.32. The molecule has 0 aliphatic carbocycles. The summed E-state index contributed by atoms with van der Waals surface area (Å²) in [4.78, 5) is 38.3. The van der Waals surface area contributed by atoms with Gasteiger partial charge in [0.1, 0.15) is 13.2 Å². The maximum Gasteiger partial charge on any atom is 0.309 e. The zero-order chi connectivity index (χ0) is 59.9. The molecule has 0 saturated heterocycles. The van der Waals surface area contributed by atoms with E-state index in [1.807, 2.05) is 6.08 Å². The minimum atomic E-state index is -0.826. The predicted molar refractivity (Wildman–Crippen MR) is 362 cm³/mol. The smallest absolute Gasteiger partial charge is 0.309 e. The highest BCUT2D eigenvalue weighted by molar-refractivity contribution is 5.72. The molecule has 6 nitrogen and oxygen atoms in total.